The van der Waals surface area contributed by atoms with E-state index in [9.17, 15) is 4.79 Å². The first-order chi connectivity index (χ1) is 7.02. The quantitative estimate of drug-likeness (QED) is 0.782. The van der Waals surface area contributed by atoms with Gasteiger partial charge in [-0.15, -0.1) is 0 Å². The van der Waals surface area contributed by atoms with Crippen LogP contribution >= 0.6 is 24.0 Å². The summed E-state index contributed by atoms with van der Waals surface area (Å²) >= 11 is 5.92. The average Bonchev–Trinajstić information content (AvgIpc) is 2.68. The van der Waals surface area contributed by atoms with Gasteiger partial charge in [-0.1, -0.05) is 13.8 Å². The molecule has 1 N–H and O–H groups in total. The lowest BCUT2D eigenvalue weighted by Crippen LogP contribution is -2.35. The Morgan fingerprint density at radius 2 is 2.13 bits per heavy atom. The van der Waals surface area contributed by atoms with Gasteiger partial charge in [0.05, 0.1) is 11.3 Å². The minimum Gasteiger partial charge on any atom is -0.349 e. The number of hydrogen-bond donors (Lipinski definition) is 2. The summed E-state index contributed by atoms with van der Waals surface area (Å²) < 4.78 is 0. The number of nitrogens with one attached hydrogen (secondary N) is 1. The summed E-state index contributed by atoms with van der Waals surface area (Å²) in [4.78, 5) is 11.7. The third kappa shape index (κ3) is 3.54. The van der Waals surface area contributed by atoms with Crippen molar-refractivity contribution in [3.8, 4) is 0 Å². The molecular weight excluding hydrogens is 226 g/mol. The fraction of sp³-hybridized carbons (Fsp3) is 0.545. The van der Waals surface area contributed by atoms with Crippen molar-refractivity contribution in [3.05, 3.63) is 22.4 Å². The number of hydrogen-bond acceptors (Lipinski definition) is 3. The maximum absolute atomic E-state index is 11.7. The zero-order chi connectivity index (χ0) is 11.4. The molecule has 4 heteroatoms. The van der Waals surface area contributed by atoms with Crippen LogP contribution in [0.2, 0.25) is 0 Å². The first kappa shape index (κ1) is 12.6. The molecule has 1 aromatic rings. The zero-order valence-electron chi connectivity index (χ0n) is 9.23. The van der Waals surface area contributed by atoms with Crippen LogP contribution in [0.25, 0.3) is 0 Å². The van der Waals surface area contributed by atoms with Gasteiger partial charge in [0.2, 0.25) is 5.91 Å². The zero-order valence-corrected chi connectivity index (χ0v) is 10.9. The van der Waals surface area contributed by atoms with Crippen LogP contribution in [0.15, 0.2) is 16.8 Å². The van der Waals surface area contributed by atoms with Gasteiger partial charge in [-0.25, -0.2) is 0 Å². The van der Waals surface area contributed by atoms with Gasteiger partial charge >= 0.3 is 0 Å². The molecule has 2 atom stereocenters. The van der Waals surface area contributed by atoms with Gasteiger partial charge in [0.25, 0.3) is 0 Å². The number of thiophene rings is 1. The summed E-state index contributed by atoms with van der Waals surface area (Å²) in [5, 5.41) is 6.79. The number of carbonyl (C=O) groups is 1. The molecule has 0 fully saturated rings. The summed E-state index contributed by atoms with van der Waals surface area (Å²) in [5.74, 6) is 0.259. The van der Waals surface area contributed by atoms with E-state index in [-0.39, 0.29) is 23.1 Å². The van der Waals surface area contributed by atoms with Crippen molar-refractivity contribution in [3.63, 3.8) is 0 Å². The van der Waals surface area contributed by atoms with Gasteiger partial charge in [-0.3, -0.25) is 4.79 Å². The van der Waals surface area contributed by atoms with E-state index in [0.717, 1.165) is 5.56 Å². The number of rotatable bonds is 4. The van der Waals surface area contributed by atoms with Gasteiger partial charge in [-0.2, -0.15) is 24.0 Å². The molecule has 1 aromatic heterocycles. The molecule has 0 bridgehead atoms. The Labute approximate surface area is 100 Å². The molecule has 2 nitrogen and oxygen atoms in total. The standard InChI is InChI=1S/C11H17NOS2/c1-7(2)10(14)11(13)12-8(3)9-4-5-15-6-9/h4-8,10,14H,1-3H3,(H,12,13). The van der Waals surface area contributed by atoms with Crippen molar-refractivity contribution in [1.29, 1.82) is 0 Å². The van der Waals surface area contributed by atoms with Crippen molar-refractivity contribution in [1.82, 2.24) is 5.32 Å². The maximum atomic E-state index is 11.7. The van der Waals surface area contributed by atoms with E-state index in [1.165, 1.54) is 0 Å². The minimum absolute atomic E-state index is 0.00651. The Balaban J connectivity index is 2.52. The fourth-order valence-electron chi connectivity index (χ4n) is 1.21. The molecule has 0 spiro atoms. The van der Waals surface area contributed by atoms with E-state index >= 15 is 0 Å². The molecule has 0 saturated carbocycles. The fourth-order valence-corrected chi connectivity index (χ4v) is 2.03. The Morgan fingerprint density at radius 3 is 2.60 bits per heavy atom. The molecule has 0 aliphatic carbocycles. The Bertz CT molecular complexity index is 308. The van der Waals surface area contributed by atoms with Gasteiger partial charge in [0.15, 0.2) is 0 Å². The van der Waals surface area contributed by atoms with Crippen LogP contribution in [0.3, 0.4) is 0 Å². The summed E-state index contributed by atoms with van der Waals surface area (Å²) in [6, 6.07) is 2.09. The summed E-state index contributed by atoms with van der Waals surface area (Å²) in [7, 11) is 0. The Morgan fingerprint density at radius 1 is 1.47 bits per heavy atom. The predicted molar refractivity (Wildman–Crippen MR) is 68.5 cm³/mol. The molecular formula is C11H17NOS2. The Kier molecular flexibility index (Phi) is 4.67. The molecule has 2 unspecified atom stereocenters. The van der Waals surface area contributed by atoms with Crippen LogP contribution in [0, 0.1) is 5.92 Å². The van der Waals surface area contributed by atoms with E-state index in [0.29, 0.717) is 0 Å². The summed E-state index contributed by atoms with van der Waals surface area (Å²) in [6.45, 7) is 5.97. The van der Waals surface area contributed by atoms with Crippen LogP contribution in [-0.4, -0.2) is 11.2 Å². The summed E-state index contributed by atoms with van der Waals surface area (Å²) in [6.07, 6.45) is 0. The third-order valence-corrected chi connectivity index (χ3v) is 3.83. The molecule has 1 heterocycles. The second-order valence-electron chi connectivity index (χ2n) is 3.98. The second kappa shape index (κ2) is 5.56. The largest absolute Gasteiger partial charge is 0.349 e. The van der Waals surface area contributed by atoms with Gasteiger partial charge in [-0.05, 0) is 35.2 Å². The molecule has 84 valence electrons. The van der Waals surface area contributed by atoms with Crippen LogP contribution in [-0.2, 0) is 4.79 Å². The molecule has 0 aliphatic heterocycles. The topological polar surface area (TPSA) is 29.1 Å². The lowest BCUT2D eigenvalue weighted by atomic mass is 10.1. The van der Waals surface area contributed by atoms with Crippen molar-refractivity contribution < 1.29 is 4.79 Å². The van der Waals surface area contributed by atoms with Crippen molar-refractivity contribution in [2.45, 2.75) is 32.1 Å². The maximum Gasteiger partial charge on any atom is 0.233 e. The highest BCUT2D eigenvalue weighted by atomic mass is 32.1. The first-order valence-electron chi connectivity index (χ1n) is 5.03. The third-order valence-electron chi connectivity index (χ3n) is 2.30. The number of amides is 1. The molecule has 1 rings (SSSR count). The van der Waals surface area contributed by atoms with E-state index in [1.807, 2.05) is 37.6 Å². The lowest BCUT2D eigenvalue weighted by molar-refractivity contribution is -0.121. The predicted octanol–water partition coefficient (Wildman–Crippen LogP) is 2.88. The number of thiol groups is 1. The molecule has 1 amide bonds. The second-order valence-corrected chi connectivity index (χ2v) is 5.31. The molecule has 0 aromatic carbocycles. The summed E-state index contributed by atoms with van der Waals surface area (Å²) in [5.41, 5.74) is 1.15. The normalized spacial score (nSPS) is 15.0. The average molecular weight is 243 g/mol. The first-order valence-corrected chi connectivity index (χ1v) is 6.49. The smallest absolute Gasteiger partial charge is 0.233 e. The van der Waals surface area contributed by atoms with Crippen molar-refractivity contribution in [2.24, 2.45) is 5.92 Å². The van der Waals surface area contributed by atoms with Gasteiger partial charge in [0, 0.05) is 0 Å². The van der Waals surface area contributed by atoms with Crippen LogP contribution < -0.4 is 5.32 Å². The van der Waals surface area contributed by atoms with Crippen LogP contribution in [0.4, 0.5) is 0 Å². The van der Waals surface area contributed by atoms with Crippen molar-refractivity contribution in [2.75, 3.05) is 0 Å². The van der Waals surface area contributed by atoms with Crippen molar-refractivity contribution >= 4 is 29.9 Å². The lowest BCUT2D eigenvalue weighted by Gasteiger charge is -2.18. The van der Waals surface area contributed by atoms with E-state index < -0.39 is 0 Å². The van der Waals surface area contributed by atoms with Gasteiger partial charge in [0.1, 0.15) is 0 Å². The Hall–Kier alpha value is -0.480. The minimum atomic E-state index is -0.230. The van der Waals surface area contributed by atoms with Crippen LogP contribution in [0.1, 0.15) is 32.4 Å². The van der Waals surface area contributed by atoms with E-state index in [2.05, 4.69) is 17.9 Å². The molecule has 0 saturated heterocycles. The number of carbonyl (C=O) groups excluding carboxylic acids is 1. The SMILES string of the molecule is CC(NC(=O)C(S)C(C)C)c1ccsc1. The van der Waals surface area contributed by atoms with E-state index in [1.54, 1.807) is 11.3 Å². The highest BCUT2D eigenvalue weighted by molar-refractivity contribution is 7.81. The van der Waals surface area contributed by atoms with Crippen LogP contribution in [0.5, 0.6) is 0 Å². The monoisotopic (exact) mass is 243 g/mol. The van der Waals surface area contributed by atoms with E-state index in [4.69, 9.17) is 0 Å². The molecule has 0 aliphatic rings. The molecule has 0 radical (unpaired) electrons. The van der Waals surface area contributed by atoms with Gasteiger partial charge < -0.3 is 5.32 Å². The molecule has 15 heavy (non-hydrogen) atoms. The highest BCUT2D eigenvalue weighted by Crippen LogP contribution is 2.17. The highest BCUT2D eigenvalue weighted by Gasteiger charge is 2.19.